The van der Waals surface area contributed by atoms with Crippen LogP contribution in [0.5, 0.6) is 0 Å². The molecule has 0 fully saturated rings. The number of benzene rings is 2. The van der Waals surface area contributed by atoms with Crippen LogP contribution in [-0.2, 0) is 16.3 Å². The van der Waals surface area contributed by atoms with Gasteiger partial charge in [0.1, 0.15) is 0 Å². The molecule has 2 atom stereocenters. The fraction of sp³-hybridized carbons (Fsp3) is 0.280. The number of nitrogens with zero attached hydrogens (tertiary/aromatic N) is 1. The lowest BCUT2D eigenvalue weighted by molar-refractivity contribution is -0.153. The van der Waals surface area contributed by atoms with Gasteiger partial charge in [0.15, 0.2) is 6.73 Å². The first-order chi connectivity index (χ1) is 15.8. The summed E-state index contributed by atoms with van der Waals surface area (Å²) in [5, 5.41) is 4.56. The van der Waals surface area contributed by atoms with Crippen molar-refractivity contribution in [2.24, 2.45) is 11.8 Å². The van der Waals surface area contributed by atoms with Crippen LogP contribution in [-0.4, -0.2) is 10.5 Å². The van der Waals surface area contributed by atoms with Crippen molar-refractivity contribution in [3.8, 4) is 11.1 Å². The van der Waals surface area contributed by atoms with Gasteiger partial charge in [-0.05, 0) is 41.8 Å². The Morgan fingerprint density at radius 2 is 1.79 bits per heavy atom. The summed E-state index contributed by atoms with van der Waals surface area (Å²) < 4.78 is 6.98. The van der Waals surface area contributed by atoms with Crippen molar-refractivity contribution < 1.29 is 9.53 Å². The van der Waals surface area contributed by atoms with Gasteiger partial charge < -0.3 is 10.1 Å². The molecule has 1 N–H and O–H groups in total. The van der Waals surface area contributed by atoms with E-state index in [0.717, 1.165) is 21.9 Å². The normalized spacial score (nSPS) is 14.0. The molecule has 2 unspecified atom stereocenters. The second kappa shape index (κ2) is 9.84. The molecule has 5 nitrogen and oxygen atoms in total. The quantitative estimate of drug-likeness (QED) is 0.282. The summed E-state index contributed by atoms with van der Waals surface area (Å²) in [6.45, 7) is 5.76. The summed E-state index contributed by atoms with van der Waals surface area (Å²) in [6.07, 6.45) is 2.61. The highest BCUT2D eigenvalue weighted by Gasteiger charge is 2.25. The second-order valence-electron chi connectivity index (χ2n) is 8.16. The Morgan fingerprint density at radius 1 is 1.09 bits per heavy atom. The molecule has 4 rings (SSSR count). The smallest absolute Gasteiger partial charge is 0.310 e. The summed E-state index contributed by atoms with van der Waals surface area (Å²) >= 11 is 13.8. The minimum atomic E-state index is -0.312. The summed E-state index contributed by atoms with van der Waals surface area (Å²) in [5.41, 5.74) is 2.46. The lowest BCUT2D eigenvalue weighted by Crippen LogP contribution is -2.28. The van der Waals surface area contributed by atoms with Gasteiger partial charge in [-0.1, -0.05) is 74.3 Å². The van der Waals surface area contributed by atoms with Crippen molar-refractivity contribution in [1.29, 1.82) is 0 Å². The van der Waals surface area contributed by atoms with Crippen LogP contribution in [0.3, 0.4) is 0 Å². The second-order valence-corrected chi connectivity index (χ2v) is 10.1. The van der Waals surface area contributed by atoms with E-state index >= 15 is 0 Å². The Hall–Kier alpha value is -2.41. The maximum absolute atomic E-state index is 13.5. The molecule has 0 saturated heterocycles. The van der Waals surface area contributed by atoms with Crippen LogP contribution < -0.4 is 10.9 Å². The average molecular weight is 503 g/mol. The van der Waals surface area contributed by atoms with E-state index in [-0.39, 0.29) is 30.1 Å². The van der Waals surface area contributed by atoms with Crippen LogP contribution in [0.4, 0.5) is 11.4 Å². The molecule has 0 bridgehead atoms. The Morgan fingerprint density at radius 3 is 2.48 bits per heavy atom. The molecule has 0 aliphatic carbocycles. The van der Waals surface area contributed by atoms with E-state index in [9.17, 15) is 9.59 Å². The predicted molar refractivity (Wildman–Crippen MR) is 135 cm³/mol. The zero-order valence-corrected chi connectivity index (χ0v) is 20.9. The summed E-state index contributed by atoms with van der Waals surface area (Å²) in [6, 6.07) is 12.7. The van der Waals surface area contributed by atoms with Gasteiger partial charge in [0.05, 0.1) is 27.8 Å². The van der Waals surface area contributed by atoms with E-state index in [1.54, 1.807) is 30.5 Å². The first-order valence-corrected chi connectivity index (χ1v) is 12.3. The van der Waals surface area contributed by atoms with E-state index in [0.29, 0.717) is 26.9 Å². The van der Waals surface area contributed by atoms with Crippen LogP contribution in [0, 0.1) is 11.8 Å². The highest BCUT2D eigenvalue weighted by molar-refractivity contribution is 7.99. The highest BCUT2D eigenvalue weighted by atomic mass is 35.5. The average Bonchev–Trinajstić information content (AvgIpc) is 2.81. The van der Waals surface area contributed by atoms with E-state index < -0.39 is 0 Å². The molecule has 2 aromatic carbocycles. The van der Waals surface area contributed by atoms with Crippen molar-refractivity contribution in [3.63, 3.8) is 0 Å². The summed E-state index contributed by atoms with van der Waals surface area (Å²) in [4.78, 5) is 27.9. The van der Waals surface area contributed by atoms with Crippen molar-refractivity contribution in [2.45, 2.75) is 43.7 Å². The number of anilines is 2. The molecule has 33 heavy (non-hydrogen) atoms. The number of carbonyl (C=O) groups is 1. The van der Waals surface area contributed by atoms with Gasteiger partial charge in [-0.15, -0.1) is 0 Å². The molecule has 8 heteroatoms. The number of hydrogen-bond acceptors (Lipinski definition) is 5. The van der Waals surface area contributed by atoms with E-state index in [1.165, 1.54) is 16.3 Å². The number of fused-ring (bicyclic) bond motifs is 2. The number of rotatable bonds is 6. The molecule has 1 aliphatic rings. The molecule has 0 spiro atoms. The third kappa shape index (κ3) is 4.93. The van der Waals surface area contributed by atoms with Crippen LogP contribution in [0.15, 0.2) is 63.2 Å². The molecule has 0 radical (unpaired) electrons. The van der Waals surface area contributed by atoms with Gasteiger partial charge in [-0.3, -0.25) is 14.2 Å². The van der Waals surface area contributed by atoms with Gasteiger partial charge in [0.25, 0.3) is 5.56 Å². The number of esters is 1. The van der Waals surface area contributed by atoms with Gasteiger partial charge >= 0.3 is 5.97 Å². The maximum Gasteiger partial charge on any atom is 0.310 e. The Balaban J connectivity index is 1.75. The molecule has 172 valence electrons. The van der Waals surface area contributed by atoms with Crippen LogP contribution in [0.1, 0.15) is 27.2 Å². The minimum Gasteiger partial charge on any atom is -0.444 e. The van der Waals surface area contributed by atoms with Crippen LogP contribution in [0.2, 0.25) is 10.0 Å². The molecule has 3 aromatic rings. The number of nitrogens with one attached hydrogen (secondary N) is 1. The fourth-order valence-electron chi connectivity index (χ4n) is 3.61. The van der Waals surface area contributed by atoms with Crippen LogP contribution >= 0.6 is 35.0 Å². The van der Waals surface area contributed by atoms with Gasteiger partial charge in [-0.25, -0.2) is 0 Å². The molecule has 0 amide bonds. The van der Waals surface area contributed by atoms with E-state index in [4.69, 9.17) is 27.9 Å². The SMILES string of the molecule is CCC(C)C(C)C(=O)OCn1cc2c(c(-c3ccc(Cl)cc3)c1=O)Nc1cc(Cl)ccc1S2. The van der Waals surface area contributed by atoms with E-state index in [2.05, 4.69) is 5.32 Å². The summed E-state index contributed by atoms with van der Waals surface area (Å²) in [7, 11) is 0. The molecular weight excluding hydrogens is 479 g/mol. The molecule has 1 aliphatic heterocycles. The monoisotopic (exact) mass is 502 g/mol. The fourth-order valence-corrected chi connectivity index (χ4v) is 4.94. The topological polar surface area (TPSA) is 60.3 Å². The number of carbonyl (C=O) groups excluding carboxylic acids is 1. The van der Waals surface area contributed by atoms with Gasteiger partial charge in [0, 0.05) is 21.1 Å². The third-order valence-electron chi connectivity index (χ3n) is 6.01. The number of halogens is 2. The largest absolute Gasteiger partial charge is 0.444 e. The highest BCUT2D eigenvalue weighted by Crippen LogP contribution is 2.47. The van der Waals surface area contributed by atoms with Gasteiger partial charge in [0.2, 0.25) is 0 Å². The molecular formula is C25H24Cl2N2O3S. The lowest BCUT2D eigenvalue weighted by atomic mass is 9.94. The minimum absolute atomic E-state index is 0.152. The van der Waals surface area contributed by atoms with Crippen molar-refractivity contribution >= 4 is 52.3 Å². The Labute approximate surface area is 207 Å². The Bertz CT molecular complexity index is 1260. The lowest BCUT2D eigenvalue weighted by Gasteiger charge is -2.25. The summed E-state index contributed by atoms with van der Waals surface area (Å²) in [5.74, 6) is -0.357. The third-order valence-corrected chi connectivity index (χ3v) is 7.61. The zero-order valence-electron chi connectivity index (χ0n) is 18.5. The molecule has 0 saturated carbocycles. The van der Waals surface area contributed by atoms with Crippen LogP contribution in [0.25, 0.3) is 11.1 Å². The van der Waals surface area contributed by atoms with Crippen molar-refractivity contribution in [2.75, 3.05) is 5.32 Å². The molecule has 1 aromatic heterocycles. The maximum atomic E-state index is 13.5. The standard InChI is InChI=1S/C25H24Cl2N2O3S/c1-4-14(2)15(3)25(31)32-13-29-12-21-23(28-19-11-18(27)9-10-20(19)33-21)22(24(29)30)16-5-7-17(26)8-6-16/h5-12,14-15,28H,4,13H2,1-3H3. The predicted octanol–water partition coefficient (Wildman–Crippen LogP) is 7.21. The number of hydrogen-bond donors (Lipinski definition) is 1. The van der Waals surface area contributed by atoms with Gasteiger partial charge in [-0.2, -0.15) is 0 Å². The Kier molecular flexibility index (Phi) is 7.07. The molecule has 2 heterocycles. The zero-order chi connectivity index (χ0) is 23.7. The number of ether oxygens (including phenoxy) is 1. The van der Waals surface area contributed by atoms with Crippen molar-refractivity contribution in [1.82, 2.24) is 4.57 Å². The first-order valence-electron chi connectivity index (χ1n) is 10.7. The van der Waals surface area contributed by atoms with Crippen molar-refractivity contribution in [3.05, 3.63) is 69.1 Å². The van der Waals surface area contributed by atoms with E-state index in [1.807, 2.05) is 39.0 Å². The number of aromatic nitrogens is 1. The first kappa shape index (κ1) is 23.7. The number of pyridine rings is 1.